The summed E-state index contributed by atoms with van der Waals surface area (Å²) in [5, 5.41) is 0. The molecule has 2 fully saturated rings. The summed E-state index contributed by atoms with van der Waals surface area (Å²) in [6, 6.07) is 0. The molecule has 2 heterocycles. The van der Waals surface area contributed by atoms with Crippen LogP contribution in [0.2, 0.25) is 0 Å². The quantitative estimate of drug-likeness (QED) is 0.755. The van der Waals surface area contributed by atoms with Crippen molar-refractivity contribution >= 4 is 0 Å². The summed E-state index contributed by atoms with van der Waals surface area (Å²) >= 11 is 0. The number of piperidine rings is 1. The molecule has 2 aliphatic heterocycles. The van der Waals surface area contributed by atoms with E-state index in [1.807, 2.05) is 0 Å². The van der Waals surface area contributed by atoms with E-state index in [-0.39, 0.29) is 11.9 Å². The first kappa shape index (κ1) is 13.3. The summed E-state index contributed by atoms with van der Waals surface area (Å²) in [5.41, 5.74) is 0. The fraction of sp³-hybridized carbons (Fsp3) is 1.00. The smallest absolute Gasteiger partial charge is 0.166 e. The van der Waals surface area contributed by atoms with Crippen molar-refractivity contribution in [1.29, 1.82) is 0 Å². The van der Waals surface area contributed by atoms with Gasteiger partial charge in [-0.1, -0.05) is 20.3 Å². The van der Waals surface area contributed by atoms with Crippen molar-refractivity contribution in [2.45, 2.75) is 58.3 Å². The number of rotatable bonds is 4. The van der Waals surface area contributed by atoms with Gasteiger partial charge in [-0.05, 0) is 38.8 Å². The van der Waals surface area contributed by atoms with Gasteiger partial charge >= 0.3 is 0 Å². The number of ether oxygens (including phenoxy) is 2. The topological polar surface area (TPSA) is 21.7 Å². The molecule has 0 aliphatic carbocycles. The van der Waals surface area contributed by atoms with Crippen LogP contribution < -0.4 is 0 Å². The minimum Gasteiger partial charge on any atom is -0.347 e. The molecule has 2 saturated heterocycles. The van der Waals surface area contributed by atoms with Crippen LogP contribution in [0.25, 0.3) is 0 Å². The molecule has 0 unspecified atom stereocenters. The van der Waals surface area contributed by atoms with Gasteiger partial charge in [-0.25, -0.2) is 0 Å². The van der Waals surface area contributed by atoms with E-state index in [9.17, 15) is 0 Å². The Kier molecular flexibility index (Phi) is 4.45. The lowest BCUT2D eigenvalue weighted by Crippen LogP contribution is -2.38. The van der Waals surface area contributed by atoms with Crippen LogP contribution in [0.15, 0.2) is 0 Å². The van der Waals surface area contributed by atoms with Gasteiger partial charge in [0.05, 0.1) is 12.7 Å². The van der Waals surface area contributed by atoms with E-state index in [0.717, 1.165) is 19.6 Å². The van der Waals surface area contributed by atoms with Crippen molar-refractivity contribution in [3.63, 3.8) is 0 Å². The molecule has 2 atom stereocenters. The maximum absolute atomic E-state index is 6.10. The van der Waals surface area contributed by atoms with E-state index in [4.69, 9.17) is 9.47 Å². The standard InChI is InChI=1S/C14H27NO2/c1-12(2)9-14(3)16-11-13(17-14)10-15-7-5-4-6-8-15/h12-13H,4-11H2,1-3H3/t13-,14-/m1/s1. The van der Waals surface area contributed by atoms with Gasteiger partial charge in [-0.2, -0.15) is 0 Å². The first-order valence-corrected chi connectivity index (χ1v) is 7.11. The SMILES string of the molecule is CC(C)C[C@]1(C)OC[C@@H](CN2CCCCC2)O1. The molecule has 0 bridgehead atoms. The van der Waals surface area contributed by atoms with Crippen molar-refractivity contribution in [3.05, 3.63) is 0 Å². The molecule has 3 nitrogen and oxygen atoms in total. The van der Waals surface area contributed by atoms with Crippen LogP contribution in [0.1, 0.15) is 46.5 Å². The van der Waals surface area contributed by atoms with E-state index in [1.54, 1.807) is 0 Å². The van der Waals surface area contributed by atoms with Crippen LogP contribution in [0.3, 0.4) is 0 Å². The Morgan fingerprint density at radius 2 is 1.94 bits per heavy atom. The molecular weight excluding hydrogens is 214 g/mol. The third-order valence-electron chi connectivity index (χ3n) is 3.68. The van der Waals surface area contributed by atoms with E-state index in [0.29, 0.717) is 5.92 Å². The Morgan fingerprint density at radius 1 is 1.24 bits per heavy atom. The molecule has 0 amide bonds. The van der Waals surface area contributed by atoms with Crippen molar-refractivity contribution in [2.24, 2.45) is 5.92 Å². The van der Waals surface area contributed by atoms with E-state index in [2.05, 4.69) is 25.7 Å². The summed E-state index contributed by atoms with van der Waals surface area (Å²) in [5.74, 6) is 0.281. The molecule has 0 aromatic carbocycles. The molecular formula is C14H27NO2. The lowest BCUT2D eigenvalue weighted by Gasteiger charge is -2.29. The lowest BCUT2D eigenvalue weighted by molar-refractivity contribution is -0.166. The van der Waals surface area contributed by atoms with Crippen LogP contribution in [-0.4, -0.2) is 43.0 Å². The van der Waals surface area contributed by atoms with Crippen LogP contribution in [0.4, 0.5) is 0 Å². The van der Waals surface area contributed by atoms with Gasteiger partial charge in [0.2, 0.25) is 0 Å². The predicted octanol–water partition coefficient (Wildman–Crippen LogP) is 2.65. The Morgan fingerprint density at radius 3 is 2.59 bits per heavy atom. The predicted molar refractivity (Wildman–Crippen MR) is 69.0 cm³/mol. The summed E-state index contributed by atoms with van der Waals surface area (Å²) in [4.78, 5) is 2.53. The minimum absolute atomic E-state index is 0.275. The largest absolute Gasteiger partial charge is 0.347 e. The normalized spacial score (nSPS) is 35.6. The molecule has 100 valence electrons. The molecule has 0 aromatic rings. The van der Waals surface area contributed by atoms with Crippen molar-refractivity contribution < 1.29 is 9.47 Å². The molecule has 3 heteroatoms. The maximum atomic E-state index is 6.10. The third-order valence-corrected chi connectivity index (χ3v) is 3.68. The zero-order valence-electron chi connectivity index (χ0n) is 11.6. The Hall–Kier alpha value is -0.120. The summed E-state index contributed by atoms with van der Waals surface area (Å²) in [6.07, 6.45) is 5.35. The van der Waals surface area contributed by atoms with Crippen LogP contribution in [-0.2, 0) is 9.47 Å². The second-order valence-corrected chi connectivity index (χ2v) is 6.14. The highest BCUT2D eigenvalue weighted by molar-refractivity contribution is 4.79. The highest BCUT2D eigenvalue weighted by atomic mass is 16.7. The number of hydrogen-bond donors (Lipinski definition) is 0. The second-order valence-electron chi connectivity index (χ2n) is 6.14. The molecule has 2 aliphatic rings. The molecule has 0 spiro atoms. The Bertz CT molecular complexity index is 238. The van der Waals surface area contributed by atoms with Gasteiger partial charge in [0.25, 0.3) is 0 Å². The average Bonchev–Trinajstić information content (AvgIpc) is 2.60. The van der Waals surface area contributed by atoms with Crippen LogP contribution in [0, 0.1) is 5.92 Å². The van der Waals surface area contributed by atoms with Crippen LogP contribution in [0.5, 0.6) is 0 Å². The number of nitrogens with zero attached hydrogens (tertiary/aromatic N) is 1. The van der Waals surface area contributed by atoms with Gasteiger partial charge in [-0.3, -0.25) is 0 Å². The van der Waals surface area contributed by atoms with Gasteiger partial charge < -0.3 is 14.4 Å². The Balaban J connectivity index is 1.76. The zero-order chi connectivity index (χ0) is 12.3. The molecule has 0 N–H and O–H groups in total. The van der Waals surface area contributed by atoms with Gasteiger partial charge in [0.15, 0.2) is 5.79 Å². The molecule has 2 rings (SSSR count). The van der Waals surface area contributed by atoms with Gasteiger partial charge in [0.1, 0.15) is 0 Å². The molecule has 0 aromatic heterocycles. The van der Waals surface area contributed by atoms with Crippen molar-refractivity contribution in [3.8, 4) is 0 Å². The first-order valence-electron chi connectivity index (χ1n) is 7.11. The number of hydrogen-bond acceptors (Lipinski definition) is 3. The second kappa shape index (κ2) is 5.68. The zero-order valence-corrected chi connectivity index (χ0v) is 11.6. The fourth-order valence-corrected chi connectivity index (χ4v) is 3.06. The highest BCUT2D eigenvalue weighted by Crippen LogP contribution is 2.30. The van der Waals surface area contributed by atoms with E-state index >= 15 is 0 Å². The summed E-state index contributed by atoms with van der Waals surface area (Å²) in [6.45, 7) is 10.8. The molecule has 0 saturated carbocycles. The van der Waals surface area contributed by atoms with Gasteiger partial charge in [-0.15, -0.1) is 0 Å². The molecule has 0 radical (unpaired) electrons. The first-order chi connectivity index (χ1) is 8.07. The van der Waals surface area contributed by atoms with Gasteiger partial charge in [0, 0.05) is 13.0 Å². The maximum Gasteiger partial charge on any atom is 0.166 e. The van der Waals surface area contributed by atoms with E-state index < -0.39 is 0 Å². The highest BCUT2D eigenvalue weighted by Gasteiger charge is 2.38. The van der Waals surface area contributed by atoms with Crippen molar-refractivity contribution in [1.82, 2.24) is 4.90 Å². The monoisotopic (exact) mass is 241 g/mol. The summed E-state index contributed by atoms with van der Waals surface area (Å²) in [7, 11) is 0. The van der Waals surface area contributed by atoms with E-state index in [1.165, 1.54) is 32.4 Å². The Labute approximate surface area is 105 Å². The average molecular weight is 241 g/mol. The third kappa shape index (κ3) is 3.94. The summed E-state index contributed by atoms with van der Waals surface area (Å²) < 4.78 is 12.0. The minimum atomic E-state index is -0.339. The van der Waals surface area contributed by atoms with Crippen molar-refractivity contribution in [2.75, 3.05) is 26.2 Å². The molecule has 17 heavy (non-hydrogen) atoms. The van der Waals surface area contributed by atoms with Crippen LogP contribution >= 0.6 is 0 Å². The lowest BCUT2D eigenvalue weighted by atomic mass is 10.0. The fourth-order valence-electron chi connectivity index (χ4n) is 3.06. The number of likely N-dealkylation sites (tertiary alicyclic amines) is 1.